The fourth-order valence-corrected chi connectivity index (χ4v) is 3.03. The maximum absolute atomic E-state index is 11.7. The zero-order valence-corrected chi connectivity index (χ0v) is 13.9. The highest BCUT2D eigenvalue weighted by Crippen LogP contribution is 2.24. The molecule has 2 aromatic carbocycles. The zero-order chi connectivity index (χ0) is 16.6. The lowest BCUT2D eigenvalue weighted by Gasteiger charge is -2.06. The molecule has 3 rings (SSSR count). The number of amides is 1. The van der Waals surface area contributed by atoms with Crippen LogP contribution in [-0.2, 0) is 11.2 Å². The van der Waals surface area contributed by atoms with Gasteiger partial charge in [0.05, 0.1) is 13.0 Å². The summed E-state index contributed by atoms with van der Waals surface area (Å²) in [6.45, 7) is 0.637. The van der Waals surface area contributed by atoms with Gasteiger partial charge in [-0.05, 0) is 22.9 Å². The van der Waals surface area contributed by atoms with Crippen molar-refractivity contribution in [3.63, 3.8) is 0 Å². The van der Waals surface area contributed by atoms with Crippen LogP contribution in [0, 0.1) is 11.8 Å². The molecule has 0 spiro atoms. The Kier molecular flexibility index (Phi) is 5.49. The Balaban J connectivity index is 1.45. The van der Waals surface area contributed by atoms with Gasteiger partial charge in [-0.2, -0.15) is 0 Å². The smallest absolute Gasteiger partial charge is 0.226 e. The highest BCUT2D eigenvalue weighted by atomic mass is 32.1. The second kappa shape index (κ2) is 8.19. The third-order valence-corrected chi connectivity index (χ3v) is 4.34. The molecule has 0 aliphatic carbocycles. The van der Waals surface area contributed by atoms with E-state index in [2.05, 4.69) is 29.3 Å². The lowest BCUT2D eigenvalue weighted by atomic mass is 10.1. The van der Waals surface area contributed by atoms with Crippen molar-refractivity contribution in [3.8, 4) is 17.6 Å². The van der Waals surface area contributed by atoms with E-state index in [1.54, 1.807) is 11.3 Å². The summed E-state index contributed by atoms with van der Waals surface area (Å²) in [4.78, 5) is 12.8. The van der Waals surface area contributed by atoms with Crippen molar-refractivity contribution in [2.24, 2.45) is 0 Å². The van der Waals surface area contributed by atoms with E-state index in [1.165, 1.54) is 0 Å². The minimum Gasteiger partial charge on any atom is -0.480 e. The monoisotopic (exact) mass is 335 g/mol. The van der Waals surface area contributed by atoms with E-state index in [-0.39, 0.29) is 5.91 Å². The molecule has 0 saturated heterocycles. The van der Waals surface area contributed by atoms with Crippen LogP contribution >= 0.6 is 11.3 Å². The number of thiophene rings is 1. The van der Waals surface area contributed by atoms with Crippen LogP contribution in [0.2, 0.25) is 0 Å². The summed E-state index contributed by atoms with van der Waals surface area (Å²) in [6, 6.07) is 17.9. The lowest BCUT2D eigenvalue weighted by molar-refractivity contribution is -0.120. The second-order valence-corrected chi connectivity index (χ2v) is 6.18. The van der Waals surface area contributed by atoms with Crippen LogP contribution in [0.25, 0.3) is 10.8 Å². The van der Waals surface area contributed by atoms with E-state index >= 15 is 0 Å². The number of ether oxygens (including phenoxy) is 1. The second-order valence-electron chi connectivity index (χ2n) is 5.15. The van der Waals surface area contributed by atoms with Gasteiger partial charge in [0.1, 0.15) is 12.4 Å². The van der Waals surface area contributed by atoms with Crippen molar-refractivity contribution in [2.45, 2.75) is 6.42 Å². The minimum absolute atomic E-state index is 0.0123. The maximum Gasteiger partial charge on any atom is 0.226 e. The van der Waals surface area contributed by atoms with E-state index in [0.29, 0.717) is 19.6 Å². The predicted molar refractivity (Wildman–Crippen MR) is 98.3 cm³/mol. The van der Waals surface area contributed by atoms with Crippen LogP contribution in [0.5, 0.6) is 5.75 Å². The summed E-state index contributed by atoms with van der Waals surface area (Å²) in [7, 11) is 0. The highest BCUT2D eigenvalue weighted by molar-refractivity contribution is 7.10. The SMILES string of the molecule is O=C(Cc1cccs1)NCC#CCOc1cccc2ccccc12. The molecule has 0 bridgehead atoms. The Morgan fingerprint density at radius 1 is 1.04 bits per heavy atom. The Morgan fingerprint density at radius 2 is 1.92 bits per heavy atom. The molecule has 0 radical (unpaired) electrons. The van der Waals surface area contributed by atoms with Crippen LogP contribution in [0.3, 0.4) is 0 Å². The summed E-state index contributed by atoms with van der Waals surface area (Å²) < 4.78 is 5.73. The number of carbonyl (C=O) groups is 1. The average molecular weight is 335 g/mol. The number of hydrogen-bond acceptors (Lipinski definition) is 3. The number of benzene rings is 2. The first-order chi connectivity index (χ1) is 11.8. The van der Waals surface area contributed by atoms with Gasteiger partial charge >= 0.3 is 0 Å². The average Bonchev–Trinajstić information content (AvgIpc) is 3.11. The van der Waals surface area contributed by atoms with Crippen molar-refractivity contribution in [1.82, 2.24) is 5.32 Å². The van der Waals surface area contributed by atoms with Gasteiger partial charge in [0, 0.05) is 10.3 Å². The van der Waals surface area contributed by atoms with E-state index in [9.17, 15) is 4.79 Å². The third kappa shape index (κ3) is 4.37. The van der Waals surface area contributed by atoms with Crippen molar-refractivity contribution >= 4 is 28.0 Å². The van der Waals surface area contributed by atoms with Crippen LogP contribution in [-0.4, -0.2) is 19.1 Å². The van der Waals surface area contributed by atoms with Gasteiger partial charge in [-0.1, -0.05) is 54.3 Å². The van der Waals surface area contributed by atoms with Gasteiger partial charge in [0.15, 0.2) is 0 Å². The summed E-state index contributed by atoms with van der Waals surface area (Å²) in [5, 5.41) is 6.97. The summed E-state index contributed by atoms with van der Waals surface area (Å²) >= 11 is 1.58. The number of carbonyl (C=O) groups excluding carboxylic acids is 1. The molecule has 0 unspecified atom stereocenters. The Labute approximate surface area is 145 Å². The normalized spacial score (nSPS) is 10.0. The highest BCUT2D eigenvalue weighted by Gasteiger charge is 2.02. The molecule has 0 aliphatic rings. The molecule has 120 valence electrons. The van der Waals surface area contributed by atoms with Gasteiger partial charge in [-0.3, -0.25) is 4.79 Å². The van der Waals surface area contributed by atoms with Gasteiger partial charge < -0.3 is 10.1 Å². The summed E-state index contributed by atoms with van der Waals surface area (Å²) in [5.41, 5.74) is 0. The summed E-state index contributed by atoms with van der Waals surface area (Å²) in [5.74, 6) is 6.65. The molecule has 1 amide bonds. The first kappa shape index (κ1) is 16.1. The van der Waals surface area contributed by atoms with Crippen molar-refractivity contribution in [1.29, 1.82) is 0 Å². The topological polar surface area (TPSA) is 38.3 Å². The molecule has 0 fully saturated rings. The molecule has 3 aromatic rings. The zero-order valence-electron chi connectivity index (χ0n) is 13.1. The molecule has 24 heavy (non-hydrogen) atoms. The van der Waals surface area contributed by atoms with Gasteiger partial charge in [-0.15, -0.1) is 11.3 Å². The third-order valence-electron chi connectivity index (χ3n) is 3.46. The molecule has 1 N–H and O–H groups in total. The Morgan fingerprint density at radius 3 is 2.79 bits per heavy atom. The molecule has 1 aromatic heterocycles. The predicted octanol–water partition coefficient (Wildman–Crippen LogP) is 3.64. The van der Waals surface area contributed by atoms with Crippen molar-refractivity contribution < 1.29 is 9.53 Å². The maximum atomic E-state index is 11.7. The molecular formula is C20H17NO2S. The standard InChI is InChI=1S/C20H17NO2S/c22-20(15-17-9-6-14-24-17)21-12-3-4-13-23-19-11-5-8-16-7-1-2-10-18(16)19/h1-2,5-11,14H,12-13,15H2,(H,21,22). The van der Waals surface area contributed by atoms with Crippen LogP contribution in [0.15, 0.2) is 60.0 Å². The first-order valence-electron chi connectivity index (χ1n) is 7.68. The molecule has 0 atom stereocenters. The largest absolute Gasteiger partial charge is 0.480 e. The van der Waals surface area contributed by atoms with Gasteiger partial charge in [0.25, 0.3) is 0 Å². The van der Waals surface area contributed by atoms with Crippen LogP contribution < -0.4 is 10.1 Å². The number of rotatable bonds is 5. The first-order valence-corrected chi connectivity index (χ1v) is 8.56. The lowest BCUT2D eigenvalue weighted by Crippen LogP contribution is -2.25. The van der Waals surface area contributed by atoms with Crippen LogP contribution in [0.4, 0.5) is 0 Å². The van der Waals surface area contributed by atoms with Crippen molar-refractivity contribution in [2.75, 3.05) is 13.2 Å². The van der Waals surface area contributed by atoms with Gasteiger partial charge in [-0.25, -0.2) is 0 Å². The fourth-order valence-electron chi connectivity index (χ4n) is 2.33. The fraction of sp³-hybridized carbons (Fsp3) is 0.150. The minimum atomic E-state index is -0.0123. The summed E-state index contributed by atoms with van der Waals surface area (Å²) in [6.07, 6.45) is 0.409. The number of nitrogens with one attached hydrogen (secondary N) is 1. The Hall–Kier alpha value is -2.77. The number of hydrogen-bond donors (Lipinski definition) is 1. The molecule has 1 heterocycles. The quantitative estimate of drug-likeness (QED) is 0.723. The molecule has 3 nitrogen and oxygen atoms in total. The molecular weight excluding hydrogens is 318 g/mol. The van der Waals surface area contributed by atoms with Gasteiger partial charge in [0.2, 0.25) is 5.91 Å². The van der Waals surface area contributed by atoms with E-state index in [4.69, 9.17) is 4.74 Å². The molecule has 4 heteroatoms. The number of fused-ring (bicyclic) bond motifs is 1. The van der Waals surface area contributed by atoms with E-state index in [1.807, 2.05) is 47.8 Å². The Bertz CT molecular complexity index is 870. The molecule has 0 saturated carbocycles. The van der Waals surface area contributed by atoms with E-state index < -0.39 is 0 Å². The molecule has 0 aliphatic heterocycles. The van der Waals surface area contributed by atoms with E-state index in [0.717, 1.165) is 21.4 Å². The van der Waals surface area contributed by atoms with Crippen molar-refractivity contribution in [3.05, 3.63) is 64.9 Å². The van der Waals surface area contributed by atoms with Crippen LogP contribution in [0.1, 0.15) is 4.88 Å².